The van der Waals surface area contributed by atoms with Gasteiger partial charge in [0.25, 0.3) is 0 Å². The average Bonchev–Trinajstić information content (AvgIpc) is 2.85. The van der Waals surface area contributed by atoms with Crippen LogP contribution >= 0.6 is 15.9 Å². The largest absolute Gasteiger partial charge is 0.306 e. The summed E-state index contributed by atoms with van der Waals surface area (Å²) in [6.07, 6.45) is 4.22. The highest BCUT2D eigenvalue weighted by atomic mass is 79.9. The van der Waals surface area contributed by atoms with Crippen LogP contribution in [0.4, 0.5) is 0 Å². The molecular formula is C18H26BrN. The SMILES string of the molecule is C[C@@H](NC1C(C)(C)[C@H]2CC[C@]1(C)C2)c1cccc(Br)c1. The lowest BCUT2D eigenvalue weighted by Crippen LogP contribution is -2.50. The summed E-state index contributed by atoms with van der Waals surface area (Å²) >= 11 is 3.58. The summed E-state index contributed by atoms with van der Waals surface area (Å²) < 4.78 is 1.17. The predicted octanol–water partition coefficient (Wildman–Crippen LogP) is 5.31. The van der Waals surface area contributed by atoms with Gasteiger partial charge in [0, 0.05) is 16.6 Å². The normalized spacial score (nSPS) is 36.2. The molecule has 0 spiro atoms. The number of hydrogen-bond donors (Lipinski definition) is 1. The smallest absolute Gasteiger partial charge is 0.0295 e. The minimum Gasteiger partial charge on any atom is -0.306 e. The molecule has 2 saturated carbocycles. The quantitative estimate of drug-likeness (QED) is 0.788. The van der Waals surface area contributed by atoms with E-state index in [0.717, 1.165) is 5.92 Å². The van der Waals surface area contributed by atoms with E-state index in [1.54, 1.807) is 0 Å². The molecule has 2 aliphatic rings. The van der Waals surface area contributed by atoms with Crippen molar-refractivity contribution in [2.75, 3.05) is 0 Å². The molecule has 2 heteroatoms. The second kappa shape index (κ2) is 4.84. The van der Waals surface area contributed by atoms with E-state index in [4.69, 9.17) is 0 Å². The van der Waals surface area contributed by atoms with Crippen LogP contribution in [-0.2, 0) is 0 Å². The molecule has 1 N–H and O–H groups in total. The lowest BCUT2D eigenvalue weighted by Gasteiger charge is -2.44. The first-order chi connectivity index (χ1) is 9.33. The van der Waals surface area contributed by atoms with Crippen LogP contribution < -0.4 is 5.32 Å². The van der Waals surface area contributed by atoms with Gasteiger partial charge >= 0.3 is 0 Å². The predicted molar refractivity (Wildman–Crippen MR) is 88.7 cm³/mol. The Labute approximate surface area is 131 Å². The van der Waals surface area contributed by atoms with Gasteiger partial charge in [-0.1, -0.05) is 48.8 Å². The molecule has 0 aromatic heterocycles. The first-order valence-corrected chi connectivity index (χ1v) is 8.64. The molecule has 2 fully saturated rings. The number of fused-ring (bicyclic) bond motifs is 2. The van der Waals surface area contributed by atoms with Crippen molar-refractivity contribution in [3.8, 4) is 0 Å². The highest BCUT2D eigenvalue weighted by Crippen LogP contribution is 2.62. The summed E-state index contributed by atoms with van der Waals surface area (Å²) in [5.74, 6) is 0.903. The molecule has 0 aliphatic heterocycles. The fourth-order valence-electron chi connectivity index (χ4n) is 4.84. The number of nitrogens with one attached hydrogen (secondary N) is 1. The molecule has 1 unspecified atom stereocenters. The summed E-state index contributed by atoms with van der Waals surface area (Å²) in [5, 5.41) is 3.96. The van der Waals surface area contributed by atoms with E-state index in [1.807, 2.05) is 0 Å². The molecule has 0 radical (unpaired) electrons. The fraction of sp³-hybridized carbons (Fsp3) is 0.667. The molecule has 2 aliphatic carbocycles. The van der Waals surface area contributed by atoms with Crippen molar-refractivity contribution in [3.05, 3.63) is 34.3 Å². The van der Waals surface area contributed by atoms with E-state index in [1.165, 1.54) is 29.3 Å². The maximum atomic E-state index is 3.96. The Bertz CT molecular complexity index is 505. The zero-order valence-corrected chi connectivity index (χ0v) is 14.6. The Morgan fingerprint density at radius 1 is 1.30 bits per heavy atom. The highest BCUT2D eigenvalue weighted by Gasteiger charge is 2.59. The second-order valence-electron chi connectivity index (χ2n) is 7.79. The van der Waals surface area contributed by atoms with Crippen molar-refractivity contribution >= 4 is 15.9 Å². The van der Waals surface area contributed by atoms with Crippen LogP contribution in [0, 0.1) is 16.7 Å². The molecule has 4 atom stereocenters. The third kappa shape index (κ3) is 2.25. The molecule has 0 saturated heterocycles. The Kier molecular flexibility index (Phi) is 3.53. The van der Waals surface area contributed by atoms with Crippen LogP contribution in [0.25, 0.3) is 0 Å². The molecule has 0 heterocycles. The molecule has 20 heavy (non-hydrogen) atoms. The van der Waals surface area contributed by atoms with Crippen molar-refractivity contribution in [2.45, 2.75) is 59.0 Å². The third-order valence-corrected chi connectivity index (χ3v) is 6.53. The Hall–Kier alpha value is -0.340. The Morgan fingerprint density at radius 3 is 2.65 bits per heavy atom. The van der Waals surface area contributed by atoms with Gasteiger partial charge in [0.15, 0.2) is 0 Å². The van der Waals surface area contributed by atoms with Gasteiger partial charge in [-0.2, -0.15) is 0 Å². The lowest BCUT2D eigenvalue weighted by atomic mass is 9.68. The van der Waals surface area contributed by atoms with Gasteiger partial charge in [-0.3, -0.25) is 0 Å². The summed E-state index contributed by atoms with van der Waals surface area (Å²) in [6, 6.07) is 9.73. The zero-order chi connectivity index (χ0) is 14.5. The zero-order valence-electron chi connectivity index (χ0n) is 13.0. The molecule has 1 aromatic carbocycles. The van der Waals surface area contributed by atoms with Gasteiger partial charge in [-0.15, -0.1) is 0 Å². The second-order valence-corrected chi connectivity index (χ2v) is 8.71. The van der Waals surface area contributed by atoms with Crippen LogP contribution in [0.15, 0.2) is 28.7 Å². The van der Waals surface area contributed by atoms with Crippen LogP contribution in [0.1, 0.15) is 58.6 Å². The number of rotatable bonds is 3. The maximum absolute atomic E-state index is 3.96. The average molecular weight is 336 g/mol. The van der Waals surface area contributed by atoms with Crippen molar-refractivity contribution < 1.29 is 0 Å². The minimum atomic E-state index is 0.410. The van der Waals surface area contributed by atoms with Gasteiger partial charge in [0.05, 0.1) is 0 Å². The van der Waals surface area contributed by atoms with Crippen LogP contribution in [0.2, 0.25) is 0 Å². The standard InChI is InChI=1S/C18H26BrN/c1-12(13-6-5-7-15(19)10-13)20-16-17(2,3)14-8-9-18(16,4)11-14/h5-7,10,12,14,16,20H,8-9,11H2,1-4H3/t12-,14+,16?,18-/m1/s1. The van der Waals surface area contributed by atoms with Crippen molar-refractivity contribution in [3.63, 3.8) is 0 Å². The molecule has 1 aromatic rings. The van der Waals surface area contributed by atoms with Gasteiger partial charge in [0.1, 0.15) is 0 Å². The number of benzene rings is 1. The molecule has 1 nitrogen and oxygen atoms in total. The summed E-state index contributed by atoms with van der Waals surface area (Å²) in [5.41, 5.74) is 2.29. The molecule has 2 bridgehead atoms. The number of hydrogen-bond acceptors (Lipinski definition) is 1. The van der Waals surface area contributed by atoms with Crippen LogP contribution in [0.3, 0.4) is 0 Å². The Morgan fingerprint density at radius 2 is 2.05 bits per heavy atom. The van der Waals surface area contributed by atoms with E-state index < -0.39 is 0 Å². The van der Waals surface area contributed by atoms with Crippen molar-refractivity contribution in [2.24, 2.45) is 16.7 Å². The van der Waals surface area contributed by atoms with Gasteiger partial charge in [0.2, 0.25) is 0 Å². The maximum Gasteiger partial charge on any atom is 0.0295 e. The van der Waals surface area contributed by atoms with Crippen LogP contribution in [-0.4, -0.2) is 6.04 Å². The van der Waals surface area contributed by atoms with Crippen molar-refractivity contribution in [1.82, 2.24) is 5.32 Å². The molecular weight excluding hydrogens is 310 g/mol. The molecule has 110 valence electrons. The topological polar surface area (TPSA) is 12.0 Å². The van der Waals surface area contributed by atoms with E-state index in [9.17, 15) is 0 Å². The van der Waals surface area contributed by atoms with Gasteiger partial charge in [-0.05, 0) is 60.6 Å². The molecule has 3 rings (SSSR count). The van der Waals surface area contributed by atoms with E-state index in [-0.39, 0.29) is 0 Å². The van der Waals surface area contributed by atoms with Gasteiger partial charge in [-0.25, -0.2) is 0 Å². The third-order valence-electron chi connectivity index (χ3n) is 6.04. The number of halogens is 1. The monoisotopic (exact) mass is 335 g/mol. The fourth-order valence-corrected chi connectivity index (χ4v) is 5.26. The molecule has 0 amide bonds. The Balaban J connectivity index is 1.80. The van der Waals surface area contributed by atoms with Crippen LogP contribution in [0.5, 0.6) is 0 Å². The first-order valence-electron chi connectivity index (χ1n) is 7.84. The van der Waals surface area contributed by atoms with E-state index >= 15 is 0 Å². The first kappa shape index (κ1) is 14.6. The van der Waals surface area contributed by atoms with E-state index in [2.05, 4.69) is 73.2 Å². The summed E-state index contributed by atoms with van der Waals surface area (Å²) in [4.78, 5) is 0. The van der Waals surface area contributed by atoms with Gasteiger partial charge < -0.3 is 5.32 Å². The minimum absolute atomic E-state index is 0.410. The lowest BCUT2D eigenvalue weighted by molar-refractivity contribution is 0.100. The summed E-state index contributed by atoms with van der Waals surface area (Å²) in [6.45, 7) is 9.72. The van der Waals surface area contributed by atoms with E-state index in [0.29, 0.717) is 22.9 Å². The van der Waals surface area contributed by atoms with Crippen molar-refractivity contribution in [1.29, 1.82) is 0 Å². The highest BCUT2D eigenvalue weighted by molar-refractivity contribution is 9.10. The summed E-state index contributed by atoms with van der Waals surface area (Å²) in [7, 11) is 0.